The second-order valence-corrected chi connectivity index (χ2v) is 5.70. The van der Waals surface area contributed by atoms with Crippen molar-refractivity contribution in [1.29, 1.82) is 5.41 Å². The Bertz CT molecular complexity index is 257. The summed E-state index contributed by atoms with van der Waals surface area (Å²) in [4.78, 5) is 0. The highest BCUT2D eigenvalue weighted by atomic mass is 32.2. The molecule has 0 saturated carbocycles. The van der Waals surface area contributed by atoms with Crippen molar-refractivity contribution in [1.82, 2.24) is 0 Å². The van der Waals surface area contributed by atoms with Crippen LogP contribution in [0, 0.1) is 5.41 Å². The van der Waals surface area contributed by atoms with E-state index in [4.69, 9.17) is 11.1 Å². The van der Waals surface area contributed by atoms with Gasteiger partial charge in [0.05, 0.1) is 11.5 Å². The Labute approximate surface area is 79.9 Å². The van der Waals surface area contributed by atoms with E-state index in [0.29, 0.717) is 18.6 Å². The topological polar surface area (TPSA) is 84.0 Å². The summed E-state index contributed by atoms with van der Waals surface area (Å²) in [5, 5.41) is 7.12. The zero-order valence-corrected chi connectivity index (χ0v) is 9.02. The highest BCUT2D eigenvalue weighted by molar-refractivity contribution is 7.91. The Morgan fingerprint density at radius 3 is 2.46 bits per heavy atom. The van der Waals surface area contributed by atoms with Crippen LogP contribution in [0.3, 0.4) is 0 Å². The van der Waals surface area contributed by atoms with E-state index in [1.165, 1.54) is 0 Å². The molecule has 78 valence electrons. The maximum Gasteiger partial charge on any atom is 0.151 e. The van der Waals surface area contributed by atoms with Crippen LogP contribution in [0.15, 0.2) is 0 Å². The first kappa shape index (κ1) is 12.6. The Hall–Kier alpha value is -0.420. The molecule has 0 aliphatic heterocycles. The average Bonchev–Trinajstić information content (AvgIpc) is 1.81. The lowest BCUT2D eigenvalue weighted by Gasteiger charge is -2.06. The van der Waals surface area contributed by atoms with Crippen molar-refractivity contribution >= 4 is 15.5 Å². The molecule has 0 bridgehead atoms. The third-order valence-corrected chi connectivity index (χ3v) is 3.47. The highest BCUT2D eigenvalue weighted by Gasteiger charge is 2.12. The van der Waals surface area contributed by atoms with Gasteiger partial charge in [0, 0.05) is 11.8 Å². The molecule has 5 heteroatoms. The van der Waals surface area contributed by atoms with Crippen molar-refractivity contribution in [3.63, 3.8) is 0 Å². The van der Waals surface area contributed by atoms with Gasteiger partial charge in [-0.15, -0.1) is 0 Å². The number of sulfone groups is 1. The summed E-state index contributed by atoms with van der Waals surface area (Å²) in [6, 6.07) is -0.300. The molecule has 0 saturated heterocycles. The van der Waals surface area contributed by atoms with Gasteiger partial charge in [0.15, 0.2) is 9.84 Å². The number of hydrogen-bond acceptors (Lipinski definition) is 4. The van der Waals surface area contributed by atoms with Crippen molar-refractivity contribution in [2.75, 3.05) is 11.5 Å². The molecule has 4 nitrogen and oxygen atoms in total. The summed E-state index contributed by atoms with van der Waals surface area (Å²) < 4.78 is 22.5. The summed E-state index contributed by atoms with van der Waals surface area (Å²) in [6.45, 7) is 3.36. The Morgan fingerprint density at radius 1 is 1.54 bits per heavy atom. The predicted octanol–water partition coefficient (Wildman–Crippen LogP) is 0.568. The quantitative estimate of drug-likeness (QED) is 0.623. The van der Waals surface area contributed by atoms with Gasteiger partial charge >= 0.3 is 0 Å². The summed E-state index contributed by atoms with van der Waals surface area (Å²) in [5.74, 6) is 0.189. The molecule has 1 atom stereocenters. The van der Waals surface area contributed by atoms with Crippen LogP contribution in [0.5, 0.6) is 0 Å². The average molecular weight is 206 g/mol. The van der Waals surface area contributed by atoms with Crippen molar-refractivity contribution in [3.05, 3.63) is 0 Å². The van der Waals surface area contributed by atoms with E-state index >= 15 is 0 Å². The van der Waals surface area contributed by atoms with Crippen LogP contribution >= 0.6 is 0 Å². The molecule has 0 heterocycles. The molecular formula is C8H18N2O2S. The molecule has 0 aliphatic rings. The first-order chi connectivity index (χ1) is 5.83. The molecule has 0 aliphatic carbocycles. The van der Waals surface area contributed by atoms with Crippen molar-refractivity contribution in [3.8, 4) is 0 Å². The van der Waals surface area contributed by atoms with Crippen LogP contribution in [0.1, 0.15) is 26.7 Å². The number of rotatable bonds is 6. The van der Waals surface area contributed by atoms with Gasteiger partial charge in [-0.1, -0.05) is 0 Å². The van der Waals surface area contributed by atoms with E-state index in [-0.39, 0.29) is 17.5 Å². The molecule has 3 N–H and O–H groups in total. The molecule has 0 rings (SSSR count). The van der Waals surface area contributed by atoms with Crippen LogP contribution in [0.4, 0.5) is 0 Å². The molecule has 0 radical (unpaired) electrons. The normalized spacial score (nSPS) is 14.1. The van der Waals surface area contributed by atoms with Crippen LogP contribution in [-0.4, -0.2) is 31.7 Å². The lowest BCUT2D eigenvalue weighted by molar-refractivity contribution is 0.588. The summed E-state index contributed by atoms with van der Waals surface area (Å²) >= 11 is 0. The minimum atomic E-state index is -3.00. The van der Waals surface area contributed by atoms with Crippen molar-refractivity contribution in [2.24, 2.45) is 5.73 Å². The number of nitrogens with two attached hydrogens (primary N) is 1. The van der Waals surface area contributed by atoms with Crippen LogP contribution in [0.2, 0.25) is 0 Å². The maximum atomic E-state index is 11.3. The number of nitrogens with one attached hydrogen (secondary N) is 1. The largest absolute Gasteiger partial charge is 0.327 e. The molecule has 0 fully saturated rings. The SMILES string of the molecule is CC(=N)CCCS(=O)(=O)CC(C)N. The molecule has 1 unspecified atom stereocenters. The Kier molecular flexibility index (Phi) is 5.17. The lowest BCUT2D eigenvalue weighted by Crippen LogP contribution is -2.27. The van der Waals surface area contributed by atoms with Gasteiger partial charge in [0.25, 0.3) is 0 Å². The van der Waals surface area contributed by atoms with Gasteiger partial charge in [0.2, 0.25) is 0 Å². The first-order valence-corrected chi connectivity index (χ1v) is 6.15. The maximum absolute atomic E-state index is 11.3. The highest BCUT2D eigenvalue weighted by Crippen LogP contribution is 1.99. The van der Waals surface area contributed by atoms with Crippen LogP contribution in [-0.2, 0) is 9.84 Å². The smallest absolute Gasteiger partial charge is 0.151 e. The van der Waals surface area contributed by atoms with Crippen molar-refractivity contribution in [2.45, 2.75) is 32.7 Å². The minimum absolute atomic E-state index is 0.0457. The van der Waals surface area contributed by atoms with Crippen LogP contribution < -0.4 is 5.73 Å². The predicted molar refractivity (Wildman–Crippen MR) is 54.9 cm³/mol. The fourth-order valence-electron chi connectivity index (χ4n) is 1.04. The minimum Gasteiger partial charge on any atom is -0.327 e. The molecule has 0 aromatic rings. The lowest BCUT2D eigenvalue weighted by atomic mass is 10.2. The van der Waals surface area contributed by atoms with E-state index in [2.05, 4.69) is 0 Å². The number of hydrogen-bond donors (Lipinski definition) is 2. The van der Waals surface area contributed by atoms with Gasteiger partial charge in [-0.05, 0) is 26.7 Å². The molecule has 0 aromatic heterocycles. The molecule has 13 heavy (non-hydrogen) atoms. The molecule has 0 spiro atoms. The van der Waals surface area contributed by atoms with Crippen molar-refractivity contribution < 1.29 is 8.42 Å². The third kappa shape index (κ3) is 7.93. The monoisotopic (exact) mass is 206 g/mol. The second kappa shape index (κ2) is 5.34. The van der Waals surface area contributed by atoms with Gasteiger partial charge in [-0.2, -0.15) is 0 Å². The van der Waals surface area contributed by atoms with E-state index in [0.717, 1.165) is 0 Å². The summed E-state index contributed by atoms with van der Waals surface area (Å²) in [6.07, 6.45) is 1.09. The van der Waals surface area contributed by atoms with E-state index in [1.54, 1.807) is 13.8 Å². The van der Waals surface area contributed by atoms with Gasteiger partial charge in [-0.3, -0.25) is 0 Å². The van der Waals surface area contributed by atoms with Gasteiger partial charge in [-0.25, -0.2) is 8.42 Å². The van der Waals surface area contributed by atoms with E-state index in [9.17, 15) is 8.42 Å². The van der Waals surface area contributed by atoms with E-state index < -0.39 is 9.84 Å². The summed E-state index contributed by atoms with van der Waals surface area (Å²) in [7, 11) is -3.00. The molecule has 0 aromatic carbocycles. The molecule has 0 amide bonds. The zero-order valence-electron chi connectivity index (χ0n) is 8.21. The van der Waals surface area contributed by atoms with Crippen LogP contribution in [0.25, 0.3) is 0 Å². The van der Waals surface area contributed by atoms with Gasteiger partial charge in [0.1, 0.15) is 0 Å². The zero-order chi connectivity index (χ0) is 10.5. The van der Waals surface area contributed by atoms with E-state index in [1.807, 2.05) is 0 Å². The summed E-state index contributed by atoms with van der Waals surface area (Å²) in [5.41, 5.74) is 5.91. The molecular weight excluding hydrogens is 188 g/mol. The second-order valence-electron chi connectivity index (χ2n) is 3.48. The standard InChI is InChI=1S/C8H18N2O2S/c1-7(9)4-3-5-13(11,12)6-8(2)10/h8-9H,3-6,10H2,1-2H3. The third-order valence-electron chi connectivity index (χ3n) is 1.52. The fourth-order valence-corrected chi connectivity index (χ4v) is 2.59. The fraction of sp³-hybridized carbons (Fsp3) is 0.875. The Morgan fingerprint density at radius 2 is 2.08 bits per heavy atom. The first-order valence-electron chi connectivity index (χ1n) is 4.33. The van der Waals surface area contributed by atoms with Gasteiger partial charge < -0.3 is 11.1 Å². The Balaban J connectivity index is 3.84.